The summed E-state index contributed by atoms with van der Waals surface area (Å²) in [7, 11) is -3.75. The highest BCUT2D eigenvalue weighted by Gasteiger charge is 2.25. The van der Waals surface area contributed by atoms with Gasteiger partial charge in [-0.3, -0.25) is 10.1 Å². The second-order valence-electron chi connectivity index (χ2n) is 5.06. The van der Waals surface area contributed by atoms with Crippen molar-refractivity contribution in [2.45, 2.75) is 25.7 Å². The summed E-state index contributed by atoms with van der Waals surface area (Å²) in [5, 5.41) is 1.74. The molecule has 0 bridgehead atoms. The Bertz CT molecular complexity index is 771. The highest BCUT2D eigenvalue weighted by Crippen LogP contribution is 2.21. The molecule has 0 radical (unpaired) electrons. The number of ether oxygens (including phenoxy) is 1. The number of hydrogen-bond donors (Lipinski definition) is 2. The number of nitrogens with zero attached hydrogens (tertiary/aromatic N) is 1. The molecule has 0 heterocycles. The summed E-state index contributed by atoms with van der Waals surface area (Å²) >= 11 is 0. The first-order valence-electron chi connectivity index (χ1n) is 7.50. The van der Waals surface area contributed by atoms with Gasteiger partial charge in [-0.05, 0) is 24.6 Å². The average molecular weight is 371 g/mol. The predicted octanol–water partition coefficient (Wildman–Crippen LogP) is 0.377. The van der Waals surface area contributed by atoms with E-state index in [1.165, 1.54) is 22.5 Å². The summed E-state index contributed by atoms with van der Waals surface area (Å²) in [5.74, 6) is -1.78. The van der Waals surface area contributed by atoms with E-state index in [1.54, 1.807) is 26.1 Å². The Morgan fingerprint density at radius 3 is 2.32 bits per heavy atom. The van der Waals surface area contributed by atoms with Crippen molar-refractivity contribution in [3.63, 3.8) is 0 Å². The molecule has 0 aliphatic heterocycles. The van der Waals surface area contributed by atoms with E-state index >= 15 is 0 Å². The zero-order valence-corrected chi connectivity index (χ0v) is 15.1. The lowest BCUT2D eigenvalue weighted by Gasteiger charge is -2.20. The van der Waals surface area contributed by atoms with Crippen molar-refractivity contribution in [3.8, 4) is 0 Å². The number of hydrogen-bond acceptors (Lipinski definition) is 6. The van der Waals surface area contributed by atoms with Crippen LogP contribution in [0.5, 0.6) is 0 Å². The van der Waals surface area contributed by atoms with E-state index in [0.29, 0.717) is 18.7 Å². The monoisotopic (exact) mass is 371 g/mol. The third-order valence-electron chi connectivity index (χ3n) is 3.34. The van der Waals surface area contributed by atoms with Crippen molar-refractivity contribution in [2.75, 3.05) is 19.7 Å². The first kappa shape index (κ1) is 20.6. The maximum atomic E-state index is 12.6. The van der Waals surface area contributed by atoms with Crippen LogP contribution in [-0.2, 0) is 19.6 Å². The molecule has 0 aliphatic rings. The summed E-state index contributed by atoms with van der Waals surface area (Å²) in [5.41, 5.74) is 5.22. The lowest BCUT2D eigenvalue weighted by Crippen LogP contribution is -2.37. The normalized spacial score (nSPS) is 11.2. The van der Waals surface area contributed by atoms with Crippen molar-refractivity contribution in [2.24, 2.45) is 5.73 Å². The zero-order chi connectivity index (χ0) is 19.2. The van der Waals surface area contributed by atoms with Gasteiger partial charge in [0, 0.05) is 13.1 Å². The highest BCUT2D eigenvalue weighted by molar-refractivity contribution is 7.89. The molecule has 138 valence electrons. The summed E-state index contributed by atoms with van der Waals surface area (Å²) in [6.45, 7) is 4.91. The average Bonchev–Trinajstić information content (AvgIpc) is 2.53. The molecule has 10 heteroatoms. The number of amides is 3. The smallest absolute Gasteiger partial charge is 0.338 e. The van der Waals surface area contributed by atoms with Crippen LogP contribution in [0.15, 0.2) is 23.1 Å². The molecule has 0 unspecified atom stereocenters. The fourth-order valence-corrected chi connectivity index (χ4v) is 3.80. The van der Waals surface area contributed by atoms with Gasteiger partial charge in [0.1, 0.15) is 0 Å². The maximum absolute atomic E-state index is 12.6. The van der Waals surface area contributed by atoms with Crippen LogP contribution in [0, 0.1) is 6.92 Å². The molecule has 1 aromatic carbocycles. The van der Waals surface area contributed by atoms with E-state index in [-0.39, 0.29) is 10.5 Å². The van der Waals surface area contributed by atoms with E-state index in [9.17, 15) is 22.8 Å². The van der Waals surface area contributed by atoms with Crippen molar-refractivity contribution >= 4 is 27.9 Å². The number of aryl methyl sites for hydroxylation is 1. The quantitative estimate of drug-likeness (QED) is 0.665. The Morgan fingerprint density at radius 2 is 1.80 bits per heavy atom. The summed E-state index contributed by atoms with van der Waals surface area (Å²) in [6.07, 6.45) is 0. The maximum Gasteiger partial charge on any atom is 0.338 e. The summed E-state index contributed by atoms with van der Waals surface area (Å²) in [4.78, 5) is 33.8. The number of nitrogens with one attached hydrogen (secondary N) is 1. The van der Waals surface area contributed by atoms with Crippen molar-refractivity contribution in [1.29, 1.82) is 0 Å². The van der Waals surface area contributed by atoms with Crippen LogP contribution in [0.1, 0.15) is 29.8 Å². The lowest BCUT2D eigenvalue weighted by molar-refractivity contribution is -0.123. The first-order chi connectivity index (χ1) is 11.6. The van der Waals surface area contributed by atoms with Gasteiger partial charge in [-0.15, -0.1) is 0 Å². The number of benzene rings is 1. The molecule has 0 aliphatic carbocycles. The van der Waals surface area contributed by atoms with E-state index in [1.807, 2.05) is 0 Å². The number of nitrogens with two attached hydrogens (primary N) is 1. The van der Waals surface area contributed by atoms with Crippen LogP contribution >= 0.6 is 0 Å². The minimum atomic E-state index is -3.75. The summed E-state index contributed by atoms with van der Waals surface area (Å²) in [6, 6.07) is 3.02. The van der Waals surface area contributed by atoms with Crippen molar-refractivity contribution in [3.05, 3.63) is 29.3 Å². The van der Waals surface area contributed by atoms with Gasteiger partial charge in [0.15, 0.2) is 6.61 Å². The second-order valence-corrected chi connectivity index (χ2v) is 6.96. The molecule has 0 saturated carbocycles. The third-order valence-corrected chi connectivity index (χ3v) is 5.54. The molecule has 3 N–H and O–H groups in total. The topological polar surface area (TPSA) is 136 Å². The first-order valence-corrected chi connectivity index (χ1v) is 8.94. The standard InChI is InChI=1S/C15H21N3O6S/c1-4-18(5-2)25(22,23)12-8-11(7-6-10(12)3)14(20)24-9-13(19)17-15(16)21/h6-8H,4-5,9H2,1-3H3,(H3,16,17,19,21). The number of urea groups is 1. The van der Waals surface area contributed by atoms with Gasteiger partial charge < -0.3 is 10.5 Å². The largest absolute Gasteiger partial charge is 0.452 e. The van der Waals surface area contributed by atoms with Gasteiger partial charge in [0.25, 0.3) is 5.91 Å². The molecule has 1 aromatic rings. The number of imide groups is 1. The van der Waals surface area contributed by atoms with Gasteiger partial charge >= 0.3 is 12.0 Å². The number of sulfonamides is 1. The number of primary amides is 1. The molecule has 25 heavy (non-hydrogen) atoms. The SMILES string of the molecule is CCN(CC)S(=O)(=O)c1cc(C(=O)OCC(=O)NC(N)=O)ccc1C. The predicted molar refractivity (Wildman–Crippen MR) is 89.3 cm³/mol. The Morgan fingerprint density at radius 1 is 1.20 bits per heavy atom. The molecular formula is C15H21N3O6S. The molecule has 9 nitrogen and oxygen atoms in total. The van der Waals surface area contributed by atoms with Crippen LogP contribution in [0.4, 0.5) is 4.79 Å². The van der Waals surface area contributed by atoms with Crippen LogP contribution in [0.3, 0.4) is 0 Å². The molecule has 0 aromatic heterocycles. The van der Waals surface area contributed by atoms with Gasteiger partial charge in [-0.2, -0.15) is 4.31 Å². The molecule has 0 atom stereocenters. The highest BCUT2D eigenvalue weighted by atomic mass is 32.2. The number of rotatable bonds is 7. The molecule has 0 spiro atoms. The van der Waals surface area contributed by atoms with Crippen LogP contribution in [0.25, 0.3) is 0 Å². The van der Waals surface area contributed by atoms with Gasteiger partial charge in [-0.25, -0.2) is 18.0 Å². The lowest BCUT2D eigenvalue weighted by atomic mass is 10.1. The van der Waals surface area contributed by atoms with Crippen LogP contribution in [0.2, 0.25) is 0 Å². The molecule has 3 amide bonds. The molecule has 0 saturated heterocycles. The minimum absolute atomic E-state index is 0.00719. The number of esters is 1. The van der Waals surface area contributed by atoms with Crippen molar-refractivity contribution < 1.29 is 27.5 Å². The number of carbonyl (C=O) groups excluding carboxylic acids is 3. The van der Waals surface area contributed by atoms with Gasteiger partial charge in [-0.1, -0.05) is 19.9 Å². The molecular weight excluding hydrogens is 350 g/mol. The van der Waals surface area contributed by atoms with Gasteiger partial charge in [0.05, 0.1) is 10.5 Å². The zero-order valence-electron chi connectivity index (χ0n) is 14.2. The molecule has 0 fully saturated rings. The fraction of sp³-hybridized carbons (Fsp3) is 0.400. The Kier molecular flexibility index (Phi) is 7.07. The molecule has 1 rings (SSSR count). The van der Waals surface area contributed by atoms with E-state index in [0.717, 1.165) is 0 Å². The van der Waals surface area contributed by atoms with E-state index < -0.39 is 34.5 Å². The Balaban J connectivity index is 3.03. The minimum Gasteiger partial charge on any atom is -0.452 e. The van der Waals surface area contributed by atoms with Crippen LogP contribution in [-0.4, -0.2) is 50.3 Å². The fourth-order valence-electron chi connectivity index (χ4n) is 2.10. The Labute approximate surface area is 146 Å². The summed E-state index contributed by atoms with van der Waals surface area (Å²) < 4.78 is 31.3. The van der Waals surface area contributed by atoms with E-state index in [2.05, 4.69) is 0 Å². The van der Waals surface area contributed by atoms with Crippen LogP contribution < -0.4 is 11.1 Å². The van der Waals surface area contributed by atoms with Gasteiger partial charge in [0.2, 0.25) is 10.0 Å². The third kappa shape index (κ3) is 5.26. The Hall–Kier alpha value is -2.46. The second kappa shape index (κ2) is 8.58. The number of carbonyl (C=O) groups is 3. The van der Waals surface area contributed by atoms with Crippen molar-refractivity contribution in [1.82, 2.24) is 9.62 Å². The van der Waals surface area contributed by atoms with E-state index in [4.69, 9.17) is 10.5 Å².